The van der Waals surface area contributed by atoms with Crippen molar-refractivity contribution in [3.05, 3.63) is 68.7 Å². The first kappa shape index (κ1) is 18.7. The monoisotopic (exact) mass is 409 g/mol. The molecule has 26 heavy (non-hydrogen) atoms. The number of nitrogens with zero attached hydrogens (tertiary/aromatic N) is 3. The van der Waals surface area contributed by atoms with E-state index in [0.717, 1.165) is 0 Å². The molecule has 134 valence electrons. The van der Waals surface area contributed by atoms with E-state index in [1.165, 1.54) is 6.20 Å². The number of carboxylic acids is 1. The van der Waals surface area contributed by atoms with E-state index in [-0.39, 0.29) is 5.69 Å². The van der Waals surface area contributed by atoms with Gasteiger partial charge in [0.05, 0.1) is 16.8 Å². The van der Waals surface area contributed by atoms with Gasteiger partial charge >= 0.3 is 5.97 Å². The molecular weight excluding hydrogens is 397 g/mol. The second kappa shape index (κ2) is 7.27. The van der Waals surface area contributed by atoms with Crippen LogP contribution >= 0.6 is 34.8 Å². The van der Waals surface area contributed by atoms with Crippen molar-refractivity contribution in [3.63, 3.8) is 0 Å². The van der Waals surface area contributed by atoms with Crippen LogP contribution in [0.4, 0.5) is 0 Å². The van der Waals surface area contributed by atoms with Crippen LogP contribution in [-0.2, 0) is 0 Å². The lowest BCUT2D eigenvalue weighted by atomic mass is 10.1. The van der Waals surface area contributed by atoms with Crippen molar-refractivity contribution in [1.82, 2.24) is 14.5 Å². The van der Waals surface area contributed by atoms with E-state index < -0.39 is 12.0 Å². The molecule has 0 fully saturated rings. The first-order chi connectivity index (χ1) is 12.3. The number of halogens is 3. The maximum absolute atomic E-state index is 11.9. The van der Waals surface area contributed by atoms with E-state index in [1.54, 1.807) is 42.0 Å². The van der Waals surface area contributed by atoms with Crippen LogP contribution in [0.1, 0.15) is 34.7 Å². The largest absolute Gasteiger partial charge is 0.477 e. The maximum Gasteiger partial charge on any atom is 0.354 e. The molecule has 0 saturated carbocycles. The number of aromatic nitrogens is 3. The van der Waals surface area contributed by atoms with Gasteiger partial charge in [0, 0.05) is 28.0 Å². The van der Waals surface area contributed by atoms with Gasteiger partial charge in [-0.3, -0.25) is 4.98 Å². The Labute approximate surface area is 165 Å². The summed E-state index contributed by atoms with van der Waals surface area (Å²) >= 11 is 18.5. The summed E-state index contributed by atoms with van der Waals surface area (Å²) in [5, 5.41) is 11.1. The van der Waals surface area contributed by atoms with Crippen LogP contribution in [0.15, 0.2) is 36.7 Å². The average Bonchev–Trinajstić information content (AvgIpc) is 2.94. The highest BCUT2D eigenvalue weighted by Gasteiger charge is 2.26. The minimum absolute atomic E-state index is 0.0727. The van der Waals surface area contributed by atoms with Gasteiger partial charge in [-0.15, -0.1) is 0 Å². The van der Waals surface area contributed by atoms with Crippen molar-refractivity contribution in [3.8, 4) is 11.4 Å². The van der Waals surface area contributed by atoms with Gasteiger partial charge in [0.15, 0.2) is 5.69 Å². The molecule has 0 aliphatic heterocycles. The predicted molar refractivity (Wildman–Crippen MR) is 102 cm³/mol. The summed E-state index contributed by atoms with van der Waals surface area (Å²) in [4.78, 5) is 20.4. The van der Waals surface area contributed by atoms with E-state index in [0.29, 0.717) is 37.7 Å². The van der Waals surface area contributed by atoms with E-state index in [1.807, 2.05) is 6.92 Å². The number of aromatic carboxylic acids is 1. The maximum atomic E-state index is 11.9. The number of hydrogen-bond acceptors (Lipinski definition) is 3. The number of aryl methyl sites for hydroxylation is 1. The molecule has 1 N–H and O–H groups in total. The summed E-state index contributed by atoms with van der Waals surface area (Å²) in [7, 11) is 0. The second-order valence-corrected chi connectivity index (χ2v) is 7.06. The van der Waals surface area contributed by atoms with Gasteiger partial charge in [0.25, 0.3) is 0 Å². The molecule has 0 aliphatic rings. The molecule has 0 radical (unpaired) electrons. The fourth-order valence-corrected chi connectivity index (χ4v) is 3.52. The van der Waals surface area contributed by atoms with Crippen LogP contribution in [0.3, 0.4) is 0 Å². The zero-order valence-electron chi connectivity index (χ0n) is 13.9. The number of rotatable bonds is 4. The van der Waals surface area contributed by atoms with Gasteiger partial charge in [-0.1, -0.05) is 34.8 Å². The minimum Gasteiger partial charge on any atom is -0.477 e. The zero-order valence-corrected chi connectivity index (χ0v) is 16.1. The Bertz CT molecular complexity index is 1000. The van der Waals surface area contributed by atoms with Crippen LogP contribution in [0, 0.1) is 6.92 Å². The van der Waals surface area contributed by atoms with E-state index in [2.05, 4.69) is 9.97 Å². The summed E-state index contributed by atoms with van der Waals surface area (Å²) in [6.07, 6.45) is 3.09. The molecule has 1 atom stereocenters. The third kappa shape index (κ3) is 3.43. The van der Waals surface area contributed by atoms with Crippen LogP contribution in [0.5, 0.6) is 0 Å². The van der Waals surface area contributed by atoms with E-state index in [4.69, 9.17) is 34.8 Å². The first-order valence-corrected chi connectivity index (χ1v) is 8.81. The van der Waals surface area contributed by atoms with Gasteiger partial charge in [0.1, 0.15) is 5.82 Å². The van der Waals surface area contributed by atoms with Gasteiger partial charge in [0.2, 0.25) is 0 Å². The summed E-state index contributed by atoms with van der Waals surface area (Å²) in [6, 6.07) is 6.34. The van der Waals surface area contributed by atoms with E-state index >= 15 is 0 Å². The number of benzene rings is 1. The van der Waals surface area contributed by atoms with Crippen molar-refractivity contribution < 1.29 is 9.90 Å². The topological polar surface area (TPSA) is 68.0 Å². The smallest absolute Gasteiger partial charge is 0.354 e. The lowest BCUT2D eigenvalue weighted by Crippen LogP contribution is -2.16. The standard InChI is InChI=1S/C18H14Cl3N3O2/c1-9-16(18(25)26)24(10(2)14-6-12(19)3-4-15(14)21)17(23-9)11-5-13(20)8-22-7-11/h3-8,10H,1-2H3,(H,25,26). The lowest BCUT2D eigenvalue weighted by Gasteiger charge is -2.20. The summed E-state index contributed by atoms with van der Waals surface area (Å²) in [5.74, 6) is -0.639. The molecule has 0 spiro atoms. The molecule has 2 heterocycles. The lowest BCUT2D eigenvalue weighted by molar-refractivity contribution is 0.0683. The number of carbonyl (C=O) groups is 1. The Balaban J connectivity index is 2.27. The molecule has 2 aromatic heterocycles. The Hall–Kier alpha value is -2.08. The molecule has 0 bridgehead atoms. The highest BCUT2D eigenvalue weighted by molar-refractivity contribution is 6.33. The Morgan fingerprint density at radius 3 is 2.54 bits per heavy atom. The minimum atomic E-state index is -1.08. The van der Waals surface area contributed by atoms with Crippen LogP contribution in [0.25, 0.3) is 11.4 Å². The number of pyridine rings is 1. The molecule has 3 rings (SSSR count). The number of hydrogen-bond donors (Lipinski definition) is 1. The third-order valence-corrected chi connectivity index (χ3v) is 4.83. The van der Waals surface area contributed by atoms with Crippen LogP contribution < -0.4 is 0 Å². The summed E-state index contributed by atoms with van der Waals surface area (Å²) in [6.45, 7) is 3.49. The van der Waals surface area contributed by atoms with Gasteiger partial charge < -0.3 is 9.67 Å². The van der Waals surface area contributed by atoms with Crippen LogP contribution in [-0.4, -0.2) is 25.6 Å². The average molecular weight is 411 g/mol. The molecule has 0 saturated heterocycles. The molecule has 3 aromatic rings. The fourth-order valence-electron chi connectivity index (χ4n) is 2.89. The van der Waals surface area contributed by atoms with Crippen molar-refractivity contribution >= 4 is 40.8 Å². The molecular formula is C18H14Cl3N3O2. The summed E-state index contributed by atoms with van der Waals surface area (Å²) in [5.41, 5.74) is 1.76. The SMILES string of the molecule is Cc1nc(-c2cncc(Cl)c2)n(C(C)c2cc(Cl)ccc2Cl)c1C(=O)O. The van der Waals surface area contributed by atoms with Crippen LogP contribution in [0.2, 0.25) is 15.1 Å². The number of imidazole rings is 1. The third-order valence-electron chi connectivity index (χ3n) is 4.05. The first-order valence-electron chi connectivity index (χ1n) is 7.67. The molecule has 0 amide bonds. The summed E-state index contributed by atoms with van der Waals surface area (Å²) < 4.78 is 1.61. The van der Waals surface area contributed by atoms with E-state index in [9.17, 15) is 9.90 Å². The Kier molecular flexibility index (Phi) is 5.23. The van der Waals surface area contributed by atoms with Gasteiger partial charge in [-0.05, 0) is 43.7 Å². The predicted octanol–water partition coefficient (Wildman–Crippen LogP) is 5.52. The molecule has 1 unspecified atom stereocenters. The second-order valence-electron chi connectivity index (χ2n) is 5.78. The quantitative estimate of drug-likeness (QED) is 0.615. The number of carboxylic acid groups (broad SMARTS) is 1. The van der Waals surface area contributed by atoms with Crippen molar-refractivity contribution in [1.29, 1.82) is 0 Å². The fraction of sp³-hybridized carbons (Fsp3) is 0.167. The molecule has 8 heteroatoms. The normalized spacial score (nSPS) is 12.2. The Morgan fingerprint density at radius 2 is 1.88 bits per heavy atom. The van der Waals surface area contributed by atoms with Crippen molar-refractivity contribution in [2.24, 2.45) is 0 Å². The van der Waals surface area contributed by atoms with Gasteiger partial charge in [-0.2, -0.15) is 0 Å². The zero-order chi connectivity index (χ0) is 19.0. The highest BCUT2D eigenvalue weighted by Crippen LogP contribution is 2.34. The molecule has 0 aliphatic carbocycles. The van der Waals surface area contributed by atoms with Crippen molar-refractivity contribution in [2.45, 2.75) is 19.9 Å². The molecule has 1 aromatic carbocycles. The highest BCUT2D eigenvalue weighted by atomic mass is 35.5. The van der Waals surface area contributed by atoms with Gasteiger partial charge in [-0.25, -0.2) is 9.78 Å². The van der Waals surface area contributed by atoms with Crippen molar-refractivity contribution in [2.75, 3.05) is 0 Å². The Morgan fingerprint density at radius 1 is 1.15 bits per heavy atom. The molecule has 5 nitrogen and oxygen atoms in total.